The van der Waals surface area contributed by atoms with Crippen molar-refractivity contribution in [2.24, 2.45) is 0 Å². The topological polar surface area (TPSA) is 67.2 Å². The number of thioether (sulfide) groups is 1. The van der Waals surface area contributed by atoms with Gasteiger partial charge < -0.3 is 14.4 Å². The second-order valence-electron chi connectivity index (χ2n) is 6.71. The summed E-state index contributed by atoms with van der Waals surface area (Å²) in [5, 5.41) is 9.39. The predicted octanol–water partition coefficient (Wildman–Crippen LogP) is 2.39. The van der Waals surface area contributed by atoms with Crippen LogP contribution in [0.1, 0.15) is 27.2 Å². The smallest absolute Gasteiger partial charge is 0.235 e. The summed E-state index contributed by atoms with van der Waals surface area (Å²) in [7, 11) is 0. The van der Waals surface area contributed by atoms with E-state index in [2.05, 4.69) is 38.5 Å². The molecular formula is C19H28N6OS. The third kappa shape index (κ3) is 4.68. The number of hydrogen-bond acceptors (Lipinski definition) is 6. The quantitative estimate of drug-likeness (QED) is 0.679. The number of rotatable bonds is 7. The number of carbonyl (C=O) groups excluding carboxylic acids is 1. The third-order valence-electron chi connectivity index (χ3n) is 4.86. The zero-order valence-corrected chi connectivity index (χ0v) is 17.2. The maximum absolute atomic E-state index is 12.9. The van der Waals surface area contributed by atoms with Crippen LogP contribution in [-0.4, -0.2) is 73.4 Å². The van der Waals surface area contributed by atoms with Crippen molar-refractivity contribution < 1.29 is 4.79 Å². The first-order valence-corrected chi connectivity index (χ1v) is 10.5. The standard InChI is InChI=1S/C19H28N6OS/c1-4-10-25-17(16-6-8-20-9-7-16)21-22-19(25)27-15(3)18(26)24-13-11-23(5-2)12-14-24/h6-9,15H,4-5,10-14H2,1-3H3. The summed E-state index contributed by atoms with van der Waals surface area (Å²) in [5.41, 5.74) is 0.993. The van der Waals surface area contributed by atoms with Crippen LogP contribution in [0.15, 0.2) is 29.7 Å². The van der Waals surface area contributed by atoms with Crippen LogP contribution >= 0.6 is 11.8 Å². The highest BCUT2D eigenvalue weighted by atomic mass is 32.2. The number of carbonyl (C=O) groups is 1. The number of aromatic nitrogens is 4. The van der Waals surface area contributed by atoms with Crippen LogP contribution < -0.4 is 0 Å². The van der Waals surface area contributed by atoms with E-state index in [9.17, 15) is 4.79 Å². The maximum Gasteiger partial charge on any atom is 0.235 e. The second-order valence-corrected chi connectivity index (χ2v) is 8.02. The van der Waals surface area contributed by atoms with E-state index in [4.69, 9.17) is 0 Å². The number of amides is 1. The van der Waals surface area contributed by atoms with Crippen molar-refractivity contribution in [3.05, 3.63) is 24.5 Å². The van der Waals surface area contributed by atoms with E-state index in [1.807, 2.05) is 24.0 Å². The Morgan fingerprint density at radius 3 is 2.48 bits per heavy atom. The molecule has 0 bridgehead atoms. The van der Waals surface area contributed by atoms with Gasteiger partial charge in [-0.05, 0) is 32.0 Å². The Morgan fingerprint density at radius 2 is 1.85 bits per heavy atom. The Balaban J connectivity index is 1.71. The maximum atomic E-state index is 12.9. The number of nitrogens with zero attached hydrogens (tertiary/aromatic N) is 6. The van der Waals surface area contributed by atoms with Crippen LogP contribution in [0.3, 0.4) is 0 Å². The molecule has 8 heteroatoms. The summed E-state index contributed by atoms with van der Waals surface area (Å²) in [5.74, 6) is 1.02. The van der Waals surface area contributed by atoms with Crippen molar-refractivity contribution in [1.82, 2.24) is 29.5 Å². The first-order valence-electron chi connectivity index (χ1n) is 9.65. The lowest BCUT2D eigenvalue weighted by atomic mass is 10.2. The Kier molecular flexibility index (Phi) is 6.84. The molecule has 27 heavy (non-hydrogen) atoms. The zero-order valence-electron chi connectivity index (χ0n) is 16.3. The van der Waals surface area contributed by atoms with Gasteiger partial charge in [0.1, 0.15) is 0 Å². The highest BCUT2D eigenvalue weighted by Crippen LogP contribution is 2.28. The van der Waals surface area contributed by atoms with Crippen molar-refractivity contribution in [2.75, 3.05) is 32.7 Å². The molecule has 7 nitrogen and oxygen atoms in total. The largest absolute Gasteiger partial charge is 0.339 e. The molecule has 3 heterocycles. The van der Waals surface area contributed by atoms with Gasteiger partial charge in [0.05, 0.1) is 5.25 Å². The van der Waals surface area contributed by atoms with Gasteiger partial charge in [-0.15, -0.1) is 10.2 Å². The number of hydrogen-bond donors (Lipinski definition) is 0. The van der Waals surface area contributed by atoms with Gasteiger partial charge in [-0.25, -0.2) is 0 Å². The lowest BCUT2D eigenvalue weighted by Gasteiger charge is -2.35. The van der Waals surface area contributed by atoms with Crippen molar-refractivity contribution in [2.45, 2.75) is 44.1 Å². The van der Waals surface area contributed by atoms with Crippen molar-refractivity contribution in [3.63, 3.8) is 0 Å². The Bertz CT molecular complexity index is 742. The van der Waals surface area contributed by atoms with E-state index in [1.165, 1.54) is 11.8 Å². The molecule has 1 unspecified atom stereocenters. The summed E-state index contributed by atoms with van der Waals surface area (Å²) >= 11 is 1.50. The molecule has 1 amide bonds. The first-order chi connectivity index (χ1) is 13.1. The van der Waals surface area contributed by atoms with Gasteiger partial charge >= 0.3 is 0 Å². The van der Waals surface area contributed by atoms with Gasteiger partial charge in [0.15, 0.2) is 11.0 Å². The van der Waals surface area contributed by atoms with Gasteiger partial charge in [0.25, 0.3) is 0 Å². The molecular weight excluding hydrogens is 360 g/mol. The highest BCUT2D eigenvalue weighted by molar-refractivity contribution is 8.00. The molecule has 1 saturated heterocycles. The highest BCUT2D eigenvalue weighted by Gasteiger charge is 2.27. The molecule has 146 valence electrons. The average molecular weight is 389 g/mol. The van der Waals surface area contributed by atoms with E-state index in [0.29, 0.717) is 0 Å². The van der Waals surface area contributed by atoms with Gasteiger partial charge in [-0.1, -0.05) is 25.6 Å². The van der Waals surface area contributed by atoms with Gasteiger partial charge in [0, 0.05) is 50.7 Å². The molecule has 1 aliphatic heterocycles. The lowest BCUT2D eigenvalue weighted by molar-refractivity contribution is -0.132. The monoisotopic (exact) mass is 388 g/mol. The first kappa shape index (κ1) is 19.8. The van der Waals surface area contributed by atoms with E-state index < -0.39 is 0 Å². The fourth-order valence-electron chi connectivity index (χ4n) is 3.27. The number of likely N-dealkylation sites (N-methyl/N-ethyl adjacent to an activating group) is 1. The molecule has 0 N–H and O–H groups in total. The molecule has 2 aromatic rings. The summed E-state index contributed by atoms with van der Waals surface area (Å²) in [4.78, 5) is 21.3. The molecule has 2 aromatic heterocycles. The van der Waals surface area contributed by atoms with E-state index in [0.717, 1.165) is 62.2 Å². The van der Waals surface area contributed by atoms with Crippen LogP contribution in [0.2, 0.25) is 0 Å². The van der Waals surface area contributed by atoms with E-state index >= 15 is 0 Å². The molecule has 0 spiro atoms. The minimum Gasteiger partial charge on any atom is -0.339 e. The summed E-state index contributed by atoms with van der Waals surface area (Å²) < 4.78 is 2.11. The SMILES string of the molecule is CCCn1c(SC(C)C(=O)N2CCN(CC)CC2)nnc1-c1ccncc1. The van der Waals surface area contributed by atoms with Crippen LogP contribution in [0.5, 0.6) is 0 Å². The summed E-state index contributed by atoms with van der Waals surface area (Å²) in [6.45, 7) is 11.7. The molecule has 1 aliphatic rings. The zero-order chi connectivity index (χ0) is 19.2. The molecule has 0 aromatic carbocycles. The molecule has 0 aliphatic carbocycles. The number of piperazine rings is 1. The minimum atomic E-state index is -0.178. The van der Waals surface area contributed by atoms with Gasteiger partial charge in [0.2, 0.25) is 5.91 Å². The molecule has 1 fully saturated rings. The van der Waals surface area contributed by atoms with Crippen molar-refractivity contribution in [1.29, 1.82) is 0 Å². The fraction of sp³-hybridized carbons (Fsp3) is 0.579. The second kappa shape index (κ2) is 9.32. The Labute approximate surface area is 165 Å². The molecule has 0 radical (unpaired) electrons. The fourth-order valence-corrected chi connectivity index (χ4v) is 4.22. The van der Waals surface area contributed by atoms with Crippen molar-refractivity contribution in [3.8, 4) is 11.4 Å². The molecule has 0 saturated carbocycles. The van der Waals surface area contributed by atoms with Gasteiger partial charge in [-0.3, -0.25) is 9.78 Å². The van der Waals surface area contributed by atoms with Crippen LogP contribution in [0, 0.1) is 0 Å². The lowest BCUT2D eigenvalue weighted by Crippen LogP contribution is -2.50. The van der Waals surface area contributed by atoms with Crippen molar-refractivity contribution >= 4 is 17.7 Å². The Hall–Kier alpha value is -1.93. The molecule has 3 rings (SSSR count). The number of pyridine rings is 1. The summed E-state index contributed by atoms with van der Waals surface area (Å²) in [6.07, 6.45) is 4.50. The third-order valence-corrected chi connectivity index (χ3v) is 5.93. The summed E-state index contributed by atoms with van der Waals surface area (Å²) in [6, 6.07) is 3.87. The van der Waals surface area contributed by atoms with Crippen LogP contribution in [-0.2, 0) is 11.3 Å². The van der Waals surface area contributed by atoms with E-state index in [-0.39, 0.29) is 11.2 Å². The Morgan fingerprint density at radius 1 is 1.15 bits per heavy atom. The predicted molar refractivity (Wildman–Crippen MR) is 108 cm³/mol. The normalized spacial score (nSPS) is 16.5. The van der Waals surface area contributed by atoms with Crippen LogP contribution in [0.4, 0.5) is 0 Å². The van der Waals surface area contributed by atoms with Crippen LogP contribution in [0.25, 0.3) is 11.4 Å². The molecule has 1 atom stereocenters. The average Bonchev–Trinajstić information content (AvgIpc) is 3.10. The van der Waals surface area contributed by atoms with Gasteiger partial charge in [-0.2, -0.15) is 0 Å². The minimum absolute atomic E-state index is 0.178. The van der Waals surface area contributed by atoms with E-state index in [1.54, 1.807) is 12.4 Å².